The van der Waals surface area contributed by atoms with E-state index in [1.54, 1.807) is 6.08 Å². The smallest absolute Gasteiger partial charge is 0.244 e. The SMILES string of the molecule is CC(C)NC(=O)CNC(=O)/C=C/c1ccc(Br)cc1. The van der Waals surface area contributed by atoms with Crippen molar-refractivity contribution in [3.63, 3.8) is 0 Å². The Hall–Kier alpha value is -1.62. The van der Waals surface area contributed by atoms with Gasteiger partial charge in [0.1, 0.15) is 0 Å². The lowest BCUT2D eigenvalue weighted by molar-refractivity contribution is -0.124. The van der Waals surface area contributed by atoms with Gasteiger partial charge in [-0.1, -0.05) is 28.1 Å². The Morgan fingerprint density at radius 3 is 2.47 bits per heavy atom. The first-order valence-corrected chi connectivity index (χ1v) is 6.77. The van der Waals surface area contributed by atoms with Gasteiger partial charge in [-0.05, 0) is 37.6 Å². The predicted octanol–water partition coefficient (Wildman–Crippen LogP) is 2.10. The summed E-state index contributed by atoms with van der Waals surface area (Å²) in [5, 5.41) is 5.22. The molecule has 2 amide bonds. The molecular weight excluding hydrogens is 308 g/mol. The summed E-state index contributed by atoms with van der Waals surface area (Å²) in [5.74, 6) is -0.484. The fraction of sp³-hybridized carbons (Fsp3) is 0.286. The molecule has 0 aliphatic rings. The van der Waals surface area contributed by atoms with Crippen LogP contribution < -0.4 is 10.6 Å². The number of nitrogens with one attached hydrogen (secondary N) is 2. The van der Waals surface area contributed by atoms with Gasteiger partial charge in [0.15, 0.2) is 0 Å². The quantitative estimate of drug-likeness (QED) is 0.815. The van der Waals surface area contributed by atoms with Gasteiger partial charge in [0.25, 0.3) is 0 Å². The Labute approximate surface area is 121 Å². The number of carbonyl (C=O) groups excluding carboxylic acids is 2. The minimum absolute atomic E-state index is 0.0122. The molecule has 5 heteroatoms. The maximum Gasteiger partial charge on any atom is 0.244 e. The van der Waals surface area contributed by atoms with Crippen LogP contribution in [0.1, 0.15) is 19.4 Å². The van der Waals surface area contributed by atoms with E-state index in [0.29, 0.717) is 0 Å². The summed E-state index contributed by atoms with van der Waals surface area (Å²) in [6.07, 6.45) is 3.11. The number of hydrogen-bond donors (Lipinski definition) is 2. The largest absolute Gasteiger partial charge is 0.352 e. The highest BCUT2D eigenvalue weighted by Gasteiger charge is 2.03. The zero-order chi connectivity index (χ0) is 14.3. The van der Waals surface area contributed by atoms with Gasteiger partial charge in [-0.15, -0.1) is 0 Å². The lowest BCUT2D eigenvalue weighted by Crippen LogP contribution is -2.39. The second kappa shape index (κ2) is 7.74. The second-order valence-corrected chi connectivity index (χ2v) is 5.24. The fourth-order valence-corrected chi connectivity index (χ4v) is 1.61. The summed E-state index contributed by atoms with van der Waals surface area (Å²) >= 11 is 3.34. The monoisotopic (exact) mass is 324 g/mol. The molecule has 1 aromatic rings. The Morgan fingerprint density at radius 2 is 1.89 bits per heavy atom. The van der Waals surface area contributed by atoms with Crippen molar-refractivity contribution in [2.24, 2.45) is 0 Å². The number of carbonyl (C=O) groups is 2. The number of rotatable bonds is 5. The van der Waals surface area contributed by atoms with Crippen LogP contribution in [-0.2, 0) is 9.59 Å². The summed E-state index contributed by atoms with van der Waals surface area (Å²) in [6, 6.07) is 7.64. The summed E-state index contributed by atoms with van der Waals surface area (Å²) < 4.78 is 0.986. The van der Waals surface area contributed by atoms with E-state index in [9.17, 15) is 9.59 Å². The minimum atomic E-state index is -0.290. The van der Waals surface area contributed by atoms with Gasteiger partial charge in [-0.3, -0.25) is 9.59 Å². The van der Waals surface area contributed by atoms with Crippen molar-refractivity contribution in [2.75, 3.05) is 6.54 Å². The van der Waals surface area contributed by atoms with Crippen molar-refractivity contribution in [1.29, 1.82) is 0 Å². The summed E-state index contributed by atoms with van der Waals surface area (Å²) in [4.78, 5) is 22.8. The Bertz CT molecular complexity index is 467. The van der Waals surface area contributed by atoms with Crippen molar-refractivity contribution in [3.05, 3.63) is 40.4 Å². The van der Waals surface area contributed by atoms with Gasteiger partial charge in [0, 0.05) is 16.6 Å². The van der Waals surface area contributed by atoms with Crippen LogP contribution in [0.2, 0.25) is 0 Å². The fourth-order valence-electron chi connectivity index (χ4n) is 1.35. The minimum Gasteiger partial charge on any atom is -0.352 e. The van der Waals surface area contributed by atoms with E-state index in [-0.39, 0.29) is 24.4 Å². The van der Waals surface area contributed by atoms with E-state index in [2.05, 4.69) is 26.6 Å². The summed E-state index contributed by atoms with van der Waals surface area (Å²) in [7, 11) is 0. The maximum absolute atomic E-state index is 11.5. The van der Waals surface area contributed by atoms with E-state index >= 15 is 0 Å². The molecule has 0 radical (unpaired) electrons. The van der Waals surface area contributed by atoms with Crippen LogP contribution in [0.3, 0.4) is 0 Å². The van der Waals surface area contributed by atoms with Crippen LogP contribution in [0, 0.1) is 0 Å². The second-order valence-electron chi connectivity index (χ2n) is 4.32. The van der Waals surface area contributed by atoms with Gasteiger partial charge < -0.3 is 10.6 Å². The molecule has 19 heavy (non-hydrogen) atoms. The predicted molar refractivity (Wildman–Crippen MR) is 79.5 cm³/mol. The Morgan fingerprint density at radius 1 is 1.26 bits per heavy atom. The third-order valence-corrected chi connectivity index (χ3v) is 2.70. The van der Waals surface area contributed by atoms with E-state index in [1.807, 2.05) is 38.1 Å². The molecule has 0 saturated heterocycles. The lowest BCUT2D eigenvalue weighted by Gasteiger charge is -2.07. The first-order valence-electron chi connectivity index (χ1n) is 5.98. The molecule has 0 aliphatic heterocycles. The molecule has 0 fully saturated rings. The van der Waals surface area contributed by atoms with Gasteiger partial charge in [0.2, 0.25) is 11.8 Å². The molecule has 1 rings (SSSR count). The van der Waals surface area contributed by atoms with Crippen LogP contribution in [0.15, 0.2) is 34.8 Å². The van der Waals surface area contributed by atoms with Crippen LogP contribution in [0.4, 0.5) is 0 Å². The van der Waals surface area contributed by atoms with Gasteiger partial charge in [0.05, 0.1) is 6.54 Å². The van der Waals surface area contributed by atoms with Crippen LogP contribution in [0.5, 0.6) is 0 Å². The summed E-state index contributed by atoms with van der Waals surface area (Å²) in [6.45, 7) is 3.72. The highest BCUT2D eigenvalue weighted by molar-refractivity contribution is 9.10. The number of amides is 2. The molecule has 0 aromatic heterocycles. The van der Waals surface area contributed by atoms with Crippen LogP contribution in [0.25, 0.3) is 6.08 Å². The standard InChI is InChI=1S/C14H17BrN2O2/c1-10(2)17-14(19)9-16-13(18)8-5-11-3-6-12(15)7-4-11/h3-8,10H,9H2,1-2H3,(H,16,18)(H,17,19)/b8-5+. The van der Waals surface area contributed by atoms with E-state index in [4.69, 9.17) is 0 Å². The molecule has 0 atom stereocenters. The van der Waals surface area contributed by atoms with Gasteiger partial charge >= 0.3 is 0 Å². The topological polar surface area (TPSA) is 58.2 Å². The van der Waals surface area contributed by atoms with E-state index in [1.165, 1.54) is 6.08 Å². The maximum atomic E-state index is 11.5. The van der Waals surface area contributed by atoms with Crippen LogP contribution in [-0.4, -0.2) is 24.4 Å². The first kappa shape index (κ1) is 15.4. The molecular formula is C14H17BrN2O2. The van der Waals surface area contributed by atoms with Crippen molar-refractivity contribution < 1.29 is 9.59 Å². The molecule has 0 unspecified atom stereocenters. The van der Waals surface area contributed by atoms with E-state index in [0.717, 1.165) is 10.0 Å². The van der Waals surface area contributed by atoms with Crippen molar-refractivity contribution in [3.8, 4) is 0 Å². The Kier molecular flexibility index (Phi) is 6.29. The molecule has 1 aromatic carbocycles. The number of hydrogen-bond acceptors (Lipinski definition) is 2. The molecule has 0 saturated carbocycles. The number of benzene rings is 1. The molecule has 0 heterocycles. The highest BCUT2D eigenvalue weighted by atomic mass is 79.9. The summed E-state index contributed by atoms with van der Waals surface area (Å²) in [5.41, 5.74) is 0.921. The van der Waals surface area contributed by atoms with Crippen molar-refractivity contribution >= 4 is 33.8 Å². The zero-order valence-electron chi connectivity index (χ0n) is 10.9. The average molecular weight is 325 g/mol. The van der Waals surface area contributed by atoms with Gasteiger partial charge in [-0.25, -0.2) is 0 Å². The number of halogens is 1. The Balaban J connectivity index is 2.39. The first-order chi connectivity index (χ1) is 8.97. The van der Waals surface area contributed by atoms with Gasteiger partial charge in [-0.2, -0.15) is 0 Å². The van der Waals surface area contributed by atoms with E-state index < -0.39 is 0 Å². The van der Waals surface area contributed by atoms with Crippen LogP contribution >= 0.6 is 15.9 Å². The zero-order valence-corrected chi connectivity index (χ0v) is 12.5. The van der Waals surface area contributed by atoms with Crippen molar-refractivity contribution in [2.45, 2.75) is 19.9 Å². The molecule has 0 aliphatic carbocycles. The van der Waals surface area contributed by atoms with Crippen molar-refractivity contribution in [1.82, 2.24) is 10.6 Å². The highest BCUT2D eigenvalue weighted by Crippen LogP contribution is 2.11. The normalized spacial score (nSPS) is 10.7. The third kappa shape index (κ3) is 6.76. The third-order valence-electron chi connectivity index (χ3n) is 2.17. The molecule has 102 valence electrons. The molecule has 2 N–H and O–H groups in total. The molecule has 0 bridgehead atoms. The molecule has 0 spiro atoms. The molecule has 4 nitrogen and oxygen atoms in total. The lowest BCUT2D eigenvalue weighted by atomic mass is 10.2. The average Bonchev–Trinajstić information content (AvgIpc) is 2.35.